The summed E-state index contributed by atoms with van der Waals surface area (Å²) in [6.45, 7) is 4.40. The van der Waals surface area contributed by atoms with Crippen molar-refractivity contribution in [2.24, 2.45) is 9.98 Å². The molecular weight excluding hydrogens is 709 g/mol. The molecule has 6 heteroatoms. The van der Waals surface area contributed by atoms with Gasteiger partial charge in [-0.25, -0.2) is 4.99 Å². The Hall–Kier alpha value is -7.18. The third-order valence-electron chi connectivity index (χ3n) is 11.7. The number of pyridine rings is 4. The van der Waals surface area contributed by atoms with Crippen LogP contribution in [-0.4, -0.2) is 31.5 Å². The fourth-order valence-electron chi connectivity index (χ4n) is 9.07. The summed E-state index contributed by atoms with van der Waals surface area (Å²) >= 11 is 0. The number of aliphatic imine (C=N–C) groups is 2. The van der Waals surface area contributed by atoms with Gasteiger partial charge in [0.15, 0.2) is 5.84 Å². The predicted molar refractivity (Wildman–Crippen MR) is 239 cm³/mol. The van der Waals surface area contributed by atoms with Crippen LogP contribution >= 0.6 is 0 Å². The van der Waals surface area contributed by atoms with Crippen LogP contribution in [0.1, 0.15) is 54.0 Å². The molecular formula is C52H38N6. The Morgan fingerprint density at radius 3 is 1.98 bits per heavy atom. The first-order chi connectivity index (χ1) is 28.5. The fourth-order valence-corrected chi connectivity index (χ4v) is 9.07. The first kappa shape index (κ1) is 34.1. The van der Waals surface area contributed by atoms with E-state index in [-0.39, 0.29) is 12.0 Å². The van der Waals surface area contributed by atoms with Crippen LogP contribution in [0.5, 0.6) is 0 Å². The average molecular weight is 747 g/mol. The third kappa shape index (κ3) is 5.96. The van der Waals surface area contributed by atoms with Gasteiger partial charge in [0.05, 0.1) is 33.8 Å². The lowest BCUT2D eigenvalue weighted by atomic mass is 9.83. The van der Waals surface area contributed by atoms with E-state index in [4.69, 9.17) is 29.9 Å². The van der Waals surface area contributed by atoms with E-state index in [1.165, 1.54) is 33.0 Å². The van der Waals surface area contributed by atoms with Gasteiger partial charge in [0.2, 0.25) is 0 Å². The first-order valence-corrected chi connectivity index (χ1v) is 19.9. The van der Waals surface area contributed by atoms with Crippen molar-refractivity contribution >= 4 is 65.9 Å². The molecule has 58 heavy (non-hydrogen) atoms. The van der Waals surface area contributed by atoms with Gasteiger partial charge in [-0.2, -0.15) is 0 Å². The zero-order valence-electron chi connectivity index (χ0n) is 32.3. The van der Waals surface area contributed by atoms with Crippen molar-refractivity contribution in [2.75, 3.05) is 0 Å². The molecule has 0 amide bonds. The van der Waals surface area contributed by atoms with E-state index in [0.717, 1.165) is 83.8 Å². The lowest BCUT2D eigenvalue weighted by Crippen LogP contribution is -2.19. The summed E-state index contributed by atoms with van der Waals surface area (Å²) in [4.78, 5) is 30.0. The number of hydrogen-bond donors (Lipinski definition) is 0. The van der Waals surface area contributed by atoms with Gasteiger partial charge in [0, 0.05) is 64.2 Å². The Morgan fingerprint density at radius 1 is 0.534 bits per heavy atom. The van der Waals surface area contributed by atoms with Gasteiger partial charge in [-0.3, -0.25) is 24.9 Å². The molecule has 1 aliphatic heterocycles. The van der Waals surface area contributed by atoms with Crippen LogP contribution in [0.25, 0.3) is 65.5 Å². The summed E-state index contributed by atoms with van der Waals surface area (Å²) in [6, 6.07) is 43.2. The molecule has 9 aromatic rings. The van der Waals surface area contributed by atoms with E-state index >= 15 is 0 Å². The van der Waals surface area contributed by atoms with Crippen molar-refractivity contribution in [3.05, 3.63) is 192 Å². The summed E-state index contributed by atoms with van der Waals surface area (Å²) < 4.78 is 0. The molecule has 6 nitrogen and oxygen atoms in total. The van der Waals surface area contributed by atoms with Gasteiger partial charge in [-0.15, -0.1) is 0 Å². The molecule has 0 N–H and O–H groups in total. The van der Waals surface area contributed by atoms with Gasteiger partial charge in [-0.05, 0) is 113 Å². The van der Waals surface area contributed by atoms with Crippen LogP contribution in [0.3, 0.4) is 0 Å². The maximum Gasteiger partial charge on any atom is 0.155 e. The average Bonchev–Trinajstić information content (AvgIpc) is 3.27. The highest BCUT2D eigenvalue weighted by atomic mass is 15.0. The van der Waals surface area contributed by atoms with Crippen molar-refractivity contribution in [1.82, 2.24) is 19.9 Å². The molecule has 1 aliphatic carbocycles. The lowest BCUT2D eigenvalue weighted by Gasteiger charge is -2.26. The van der Waals surface area contributed by atoms with Gasteiger partial charge in [-0.1, -0.05) is 90.5 Å². The number of nitrogens with zero attached hydrogens (tertiary/aromatic N) is 6. The lowest BCUT2D eigenvalue weighted by molar-refractivity contribution is 0.752. The van der Waals surface area contributed by atoms with Crippen molar-refractivity contribution < 1.29 is 0 Å². The fraction of sp³-hybridized carbons (Fsp3) is 0.115. The number of fused-ring (bicyclic) bond motifs is 7. The molecule has 5 heterocycles. The molecule has 11 rings (SSSR count). The molecule has 0 saturated carbocycles. The summed E-state index contributed by atoms with van der Waals surface area (Å²) in [5.41, 5.74) is 14.0. The summed E-state index contributed by atoms with van der Waals surface area (Å²) in [5.74, 6) is 0.886. The highest BCUT2D eigenvalue weighted by Gasteiger charge is 2.27. The van der Waals surface area contributed by atoms with Gasteiger partial charge in [0.25, 0.3) is 0 Å². The van der Waals surface area contributed by atoms with E-state index in [2.05, 4.69) is 123 Å². The minimum Gasteiger partial charge on any atom is -0.258 e. The van der Waals surface area contributed by atoms with Gasteiger partial charge < -0.3 is 0 Å². The SMILES string of the molecule is CC1=CC(C2=NC(c3ccc4ccccc4c3)CC(c3cc(C)cc(-c4cc5cccnc5c5ncccc45)c3)=N2)=CC(c2cc3cccnc3c3ncccc23)C1. The molecule has 2 atom stereocenters. The van der Waals surface area contributed by atoms with Crippen molar-refractivity contribution in [3.63, 3.8) is 0 Å². The Bertz CT molecular complexity index is 3280. The molecule has 0 radical (unpaired) electrons. The highest BCUT2D eigenvalue weighted by molar-refractivity contribution is 6.16. The normalized spacial score (nSPS) is 17.1. The van der Waals surface area contributed by atoms with Crippen LogP contribution in [0.15, 0.2) is 179 Å². The monoisotopic (exact) mass is 746 g/mol. The summed E-state index contributed by atoms with van der Waals surface area (Å²) in [6.07, 6.45) is 13.7. The Kier molecular flexibility index (Phi) is 8.10. The second-order valence-corrected chi connectivity index (χ2v) is 15.7. The van der Waals surface area contributed by atoms with E-state index < -0.39 is 0 Å². The van der Waals surface area contributed by atoms with Gasteiger partial charge in [0.1, 0.15) is 0 Å². The third-order valence-corrected chi connectivity index (χ3v) is 11.7. The number of allylic oxidation sites excluding steroid dienone is 2. The van der Waals surface area contributed by atoms with Crippen molar-refractivity contribution in [2.45, 2.75) is 38.6 Å². The smallest absolute Gasteiger partial charge is 0.155 e. The molecule has 5 aromatic carbocycles. The van der Waals surface area contributed by atoms with Crippen molar-refractivity contribution in [1.29, 1.82) is 0 Å². The molecule has 4 aromatic heterocycles. The van der Waals surface area contributed by atoms with E-state index in [9.17, 15) is 0 Å². The van der Waals surface area contributed by atoms with Crippen LogP contribution in [-0.2, 0) is 0 Å². The second-order valence-electron chi connectivity index (χ2n) is 15.7. The highest BCUT2D eigenvalue weighted by Crippen LogP contribution is 2.40. The Balaban J connectivity index is 1.07. The topological polar surface area (TPSA) is 76.3 Å². The predicted octanol–water partition coefficient (Wildman–Crippen LogP) is 12.4. The largest absolute Gasteiger partial charge is 0.258 e. The zero-order valence-corrected chi connectivity index (χ0v) is 32.3. The quantitative estimate of drug-likeness (QED) is 0.164. The van der Waals surface area contributed by atoms with E-state index in [0.29, 0.717) is 6.42 Å². The maximum absolute atomic E-state index is 5.49. The van der Waals surface area contributed by atoms with Crippen LogP contribution in [0.2, 0.25) is 0 Å². The van der Waals surface area contributed by atoms with E-state index in [1.54, 1.807) is 0 Å². The number of aromatic nitrogens is 4. The molecule has 0 spiro atoms. The number of hydrogen-bond acceptors (Lipinski definition) is 6. The Labute approximate surface area is 336 Å². The first-order valence-electron chi connectivity index (χ1n) is 19.9. The van der Waals surface area contributed by atoms with Crippen molar-refractivity contribution in [3.8, 4) is 11.1 Å². The molecule has 0 bridgehead atoms. The number of rotatable bonds is 5. The number of aryl methyl sites for hydroxylation is 1. The van der Waals surface area contributed by atoms with Crippen LogP contribution < -0.4 is 0 Å². The summed E-state index contributed by atoms with van der Waals surface area (Å²) in [7, 11) is 0. The van der Waals surface area contributed by atoms with Gasteiger partial charge >= 0.3 is 0 Å². The second kappa shape index (κ2) is 13.8. The summed E-state index contributed by atoms with van der Waals surface area (Å²) in [5, 5.41) is 6.81. The molecule has 276 valence electrons. The number of benzene rings is 5. The zero-order chi connectivity index (χ0) is 38.7. The maximum atomic E-state index is 5.49. The van der Waals surface area contributed by atoms with Crippen LogP contribution in [0, 0.1) is 6.92 Å². The molecule has 0 saturated heterocycles. The number of amidine groups is 1. The molecule has 0 fully saturated rings. The van der Waals surface area contributed by atoms with E-state index in [1.807, 2.05) is 49.1 Å². The minimum atomic E-state index is -0.111. The van der Waals surface area contributed by atoms with Crippen LogP contribution in [0.4, 0.5) is 0 Å². The Morgan fingerprint density at radius 2 is 1.19 bits per heavy atom. The minimum absolute atomic E-state index is 0.111. The molecule has 2 unspecified atom stereocenters. The standard InChI is InChI=1S/C52H38N6/c1-31-21-38(44-28-36-11-5-17-53-48(36)50-42(44)13-7-19-55-50)26-40(23-31)47-30-46(35-16-15-33-9-3-4-10-34(33)25-35)57-52(58-47)41-24-32(2)22-39(27-41)45-29-37-12-6-18-54-49(37)51-43(45)14-8-20-56-51/h3-21,23-29,39,46H,22,30H2,1-2H3. The molecule has 2 aliphatic rings.